The molecule has 1 N–H and O–H groups in total. The van der Waals surface area contributed by atoms with Gasteiger partial charge >= 0.3 is 5.97 Å². The van der Waals surface area contributed by atoms with E-state index in [2.05, 4.69) is 5.32 Å². The number of hydrogen-bond donors (Lipinski definition) is 1. The van der Waals surface area contributed by atoms with Gasteiger partial charge < -0.3 is 10.1 Å². The Morgan fingerprint density at radius 3 is 2.62 bits per heavy atom. The number of carbonyl (C=O) groups excluding carboxylic acids is 2. The lowest BCUT2D eigenvalue weighted by Crippen LogP contribution is -2.30. The highest BCUT2D eigenvalue weighted by molar-refractivity contribution is 5.97. The predicted molar refractivity (Wildman–Crippen MR) is 74.6 cm³/mol. The number of ether oxygens (including phenoxy) is 1. The molecule has 0 heterocycles. The second-order valence-electron chi connectivity index (χ2n) is 5.16. The number of carbonyl (C=O) groups is 2. The zero-order valence-electron chi connectivity index (χ0n) is 11.7. The van der Waals surface area contributed by atoms with E-state index < -0.39 is 22.9 Å². The SMILES string of the molecule is C[C@H](OC(=O)[C@H]1C[C@H]1C)C(=O)Nc1ccccc1[N+](=O)[O-]. The van der Waals surface area contributed by atoms with Crippen molar-refractivity contribution in [2.45, 2.75) is 26.4 Å². The van der Waals surface area contributed by atoms with Gasteiger partial charge in [-0.3, -0.25) is 19.7 Å². The van der Waals surface area contributed by atoms with Crippen molar-refractivity contribution in [2.75, 3.05) is 5.32 Å². The summed E-state index contributed by atoms with van der Waals surface area (Å²) in [5, 5.41) is 13.3. The van der Waals surface area contributed by atoms with Crippen LogP contribution in [-0.2, 0) is 14.3 Å². The zero-order valence-corrected chi connectivity index (χ0v) is 11.7. The molecule has 7 nitrogen and oxygen atoms in total. The van der Waals surface area contributed by atoms with Crippen LogP contribution in [0.1, 0.15) is 20.3 Å². The van der Waals surface area contributed by atoms with Crippen molar-refractivity contribution in [1.82, 2.24) is 0 Å². The van der Waals surface area contributed by atoms with Crippen molar-refractivity contribution in [2.24, 2.45) is 11.8 Å². The first-order valence-corrected chi connectivity index (χ1v) is 6.65. The Morgan fingerprint density at radius 1 is 1.43 bits per heavy atom. The molecule has 21 heavy (non-hydrogen) atoms. The summed E-state index contributed by atoms with van der Waals surface area (Å²) in [7, 11) is 0. The van der Waals surface area contributed by atoms with Gasteiger partial charge in [0.1, 0.15) is 5.69 Å². The molecule has 0 bridgehead atoms. The first-order chi connectivity index (χ1) is 9.90. The molecule has 1 aromatic carbocycles. The number of esters is 1. The molecule has 2 rings (SSSR count). The Morgan fingerprint density at radius 2 is 2.05 bits per heavy atom. The van der Waals surface area contributed by atoms with E-state index in [1.807, 2.05) is 6.92 Å². The summed E-state index contributed by atoms with van der Waals surface area (Å²) in [6.45, 7) is 3.37. The highest BCUT2D eigenvalue weighted by Gasteiger charge is 2.41. The number of anilines is 1. The molecule has 112 valence electrons. The minimum atomic E-state index is -0.995. The van der Waals surface area contributed by atoms with E-state index in [-0.39, 0.29) is 17.3 Å². The van der Waals surface area contributed by atoms with Crippen molar-refractivity contribution in [1.29, 1.82) is 0 Å². The van der Waals surface area contributed by atoms with Crippen LogP contribution in [0.15, 0.2) is 24.3 Å². The third-order valence-electron chi connectivity index (χ3n) is 3.43. The van der Waals surface area contributed by atoms with Gasteiger partial charge in [-0.05, 0) is 25.3 Å². The number of nitrogens with one attached hydrogen (secondary N) is 1. The van der Waals surface area contributed by atoms with E-state index in [9.17, 15) is 19.7 Å². The van der Waals surface area contributed by atoms with Gasteiger partial charge in [0.15, 0.2) is 6.10 Å². The minimum Gasteiger partial charge on any atom is -0.452 e. The lowest BCUT2D eigenvalue weighted by atomic mass is 10.2. The summed E-state index contributed by atoms with van der Waals surface area (Å²) in [6.07, 6.45) is -0.220. The second kappa shape index (κ2) is 5.90. The number of nitro groups is 1. The van der Waals surface area contributed by atoms with Gasteiger partial charge in [0, 0.05) is 6.07 Å². The lowest BCUT2D eigenvalue weighted by Gasteiger charge is -2.13. The highest BCUT2D eigenvalue weighted by atomic mass is 16.6. The Labute approximate surface area is 121 Å². The molecule has 0 spiro atoms. The van der Waals surface area contributed by atoms with Gasteiger partial charge in [-0.25, -0.2) is 0 Å². The van der Waals surface area contributed by atoms with E-state index in [1.54, 1.807) is 6.07 Å². The van der Waals surface area contributed by atoms with Gasteiger partial charge in [-0.15, -0.1) is 0 Å². The van der Waals surface area contributed by atoms with Gasteiger partial charge in [0.25, 0.3) is 11.6 Å². The monoisotopic (exact) mass is 292 g/mol. The van der Waals surface area contributed by atoms with Crippen LogP contribution in [0.3, 0.4) is 0 Å². The van der Waals surface area contributed by atoms with Crippen molar-refractivity contribution in [3.05, 3.63) is 34.4 Å². The molecule has 1 aliphatic rings. The number of benzene rings is 1. The standard InChI is InChI=1S/C14H16N2O5/c1-8-7-10(8)14(18)21-9(2)13(17)15-11-5-3-4-6-12(11)16(19)20/h3-6,8-10H,7H2,1-2H3,(H,15,17)/t8-,9+,10+/m1/s1. The summed E-state index contributed by atoms with van der Waals surface area (Å²) in [6, 6.07) is 5.79. The van der Waals surface area contributed by atoms with E-state index in [0.717, 1.165) is 6.42 Å². The van der Waals surface area contributed by atoms with Crippen LogP contribution < -0.4 is 5.32 Å². The van der Waals surface area contributed by atoms with E-state index in [0.29, 0.717) is 5.92 Å². The summed E-state index contributed by atoms with van der Waals surface area (Å²) < 4.78 is 5.06. The Balaban J connectivity index is 1.97. The van der Waals surface area contributed by atoms with Gasteiger partial charge in [0.2, 0.25) is 0 Å². The van der Waals surface area contributed by atoms with E-state index >= 15 is 0 Å². The molecule has 3 atom stereocenters. The molecule has 1 aliphatic carbocycles. The first kappa shape index (κ1) is 15.0. The largest absolute Gasteiger partial charge is 0.452 e. The van der Waals surface area contributed by atoms with Gasteiger partial charge in [0.05, 0.1) is 10.8 Å². The van der Waals surface area contributed by atoms with Crippen molar-refractivity contribution in [3.63, 3.8) is 0 Å². The molecule has 7 heteroatoms. The average Bonchev–Trinajstić information content (AvgIpc) is 3.16. The van der Waals surface area contributed by atoms with Crippen LogP contribution >= 0.6 is 0 Å². The molecule has 1 aromatic rings. The van der Waals surface area contributed by atoms with Crippen LogP contribution in [0, 0.1) is 22.0 Å². The fourth-order valence-corrected chi connectivity index (χ4v) is 1.94. The molecule has 0 unspecified atom stereocenters. The van der Waals surface area contributed by atoms with Crippen LogP contribution in [0.5, 0.6) is 0 Å². The third-order valence-corrected chi connectivity index (χ3v) is 3.43. The molecule has 0 aromatic heterocycles. The van der Waals surface area contributed by atoms with Crippen LogP contribution in [0.2, 0.25) is 0 Å². The fourth-order valence-electron chi connectivity index (χ4n) is 1.94. The molecule has 1 fully saturated rings. The fraction of sp³-hybridized carbons (Fsp3) is 0.429. The average molecular weight is 292 g/mol. The third kappa shape index (κ3) is 3.56. The molecule has 0 radical (unpaired) electrons. The number of hydrogen-bond acceptors (Lipinski definition) is 5. The number of rotatable bonds is 5. The second-order valence-corrected chi connectivity index (χ2v) is 5.16. The number of para-hydroxylation sites is 2. The maximum Gasteiger partial charge on any atom is 0.309 e. The zero-order chi connectivity index (χ0) is 15.6. The lowest BCUT2D eigenvalue weighted by molar-refractivity contribution is -0.383. The number of nitro benzene ring substituents is 1. The normalized spacial score (nSPS) is 21.2. The maximum absolute atomic E-state index is 11.9. The summed E-state index contributed by atoms with van der Waals surface area (Å²) in [4.78, 5) is 33.9. The van der Waals surface area contributed by atoms with E-state index in [4.69, 9.17) is 4.74 Å². The smallest absolute Gasteiger partial charge is 0.309 e. The topological polar surface area (TPSA) is 98.5 Å². The van der Waals surface area contributed by atoms with Crippen molar-refractivity contribution < 1.29 is 19.2 Å². The summed E-state index contributed by atoms with van der Waals surface area (Å²) in [5.74, 6) is -0.826. The van der Waals surface area contributed by atoms with E-state index in [1.165, 1.54) is 25.1 Å². The molecule has 0 aliphatic heterocycles. The van der Waals surface area contributed by atoms with Crippen LogP contribution in [0.25, 0.3) is 0 Å². The van der Waals surface area contributed by atoms with Crippen LogP contribution in [-0.4, -0.2) is 22.9 Å². The Hall–Kier alpha value is -2.44. The Kier molecular flexibility index (Phi) is 4.21. The van der Waals surface area contributed by atoms with Gasteiger partial charge in [-0.1, -0.05) is 19.1 Å². The quantitative estimate of drug-likeness (QED) is 0.509. The highest BCUT2D eigenvalue weighted by Crippen LogP contribution is 2.38. The molecular weight excluding hydrogens is 276 g/mol. The molecule has 0 saturated heterocycles. The summed E-state index contributed by atoms with van der Waals surface area (Å²) in [5.41, 5.74) is -0.129. The summed E-state index contributed by atoms with van der Waals surface area (Å²) >= 11 is 0. The predicted octanol–water partition coefficient (Wildman–Crippen LogP) is 2.12. The molecule has 1 amide bonds. The molecule has 1 saturated carbocycles. The Bertz CT molecular complexity index is 586. The first-order valence-electron chi connectivity index (χ1n) is 6.65. The molecular formula is C14H16N2O5. The van der Waals surface area contributed by atoms with Crippen molar-refractivity contribution in [3.8, 4) is 0 Å². The van der Waals surface area contributed by atoms with Crippen LogP contribution in [0.4, 0.5) is 11.4 Å². The maximum atomic E-state index is 11.9. The minimum absolute atomic E-state index is 0.0789. The number of nitrogens with zero attached hydrogens (tertiary/aromatic N) is 1. The van der Waals surface area contributed by atoms with Gasteiger partial charge in [-0.2, -0.15) is 0 Å². The van der Waals surface area contributed by atoms with Crippen molar-refractivity contribution >= 4 is 23.3 Å². The number of amides is 1.